The zero-order valence-electron chi connectivity index (χ0n) is 16.1. The number of esters is 1. The van der Waals surface area contributed by atoms with Crippen LogP contribution in [0.4, 0.5) is 5.69 Å². The van der Waals surface area contributed by atoms with Gasteiger partial charge in [-0.1, -0.05) is 17.7 Å². The van der Waals surface area contributed by atoms with E-state index in [4.69, 9.17) is 31.4 Å². The number of benzene rings is 1. The van der Waals surface area contributed by atoms with Gasteiger partial charge in [0.25, 0.3) is 0 Å². The molecule has 0 unspecified atom stereocenters. The molecule has 0 bridgehead atoms. The molecule has 26 heavy (non-hydrogen) atoms. The van der Waals surface area contributed by atoms with Gasteiger partial charge in [0, 0.05) is 17.3 Å². The van der Waals surface area contributed by atoms with E-state index in [9.17, 15) is 4.79 Å². The average Bonchev–Trinajstić information content (AvgIpc) is 2.76. The molecule has 8 heteroatoms. The number of ether oxygens (including phenoxy) is 1. The maximum absolute atomic E-state index is 11.9. The first-order valence-electron chi connectivity index (χ1n) is 8.40. The lowest BCUT2D eigenvalue weighted by molar-refractivity contribution is 0.00578. The molecule has 3 N–H and O–H groups in total. The molecular weight excluding hydrogens is 354 g/mol. The standard InChI is InChI=1S/C18H26BClN2O4/c1-17(2)18(3,4)26-19(25-17)12(10-22-5)7-11-8-13(16(23)24-6)15(21)9-14(11)20/h7-9,22H,10,21H2,1-6H3. The van der Waals surface area contributed by atoms with Gasteiger partial charge in [0.05, 0.1) is 23.9 Å². The van der Waals surface area contributed by atoms with Gasteiger partial charge < -0.3 is 25.1 Å². The van der Waals surface area contributed by atoms with Crippen molar-refractivity contribution in [2.45, 2.75) is 38.9 Å². The van der Waals surface area contributed by atoms with E-state index in [1.807, 2.05) is 40.8 Å². The Balaban J connectivity index is 2.45. The van der Waals surface area contributed by atoms with E-state index in [1.54, 1.807) is 12.1 Å². The third kappa shape index (κ3) is 4.06. The van der Waals surface area contributed by atoms with Crippen molar-refractivity contribution in [2.24, 2.45) is 0 Å². The second-order valence-electron chi connectivity index (χ2n) is 7.29. The van der Waals surface area contributed by atoms with Crippen LogP contribution < -0.4 is 11.1 Å². The number of rotatable bonds is 5. The van der Waals surface area contributed by atoms with E-state index in [1.165, 1.54) is 7.11 Å². The molecule has 1 fully saturated rings. The van der Waals surface area contributed by atoms with Crippen molar-refractivity contribution in [3.63, 3.8) is 0 Å². The summed E-state index contributed by atoms with van der Waals surface area (Å²) in [5.41, 5.74) is 7.01. The van der Waals surface area contributed by atoms with E-state index in [0.717, 1.165) is 5.47 Å². The van der Waals surface area contributed by atoms with Crippen LogP contribution in [0.1, 0.15) is 43.6 Å². The molecule has 0 saturated carbocycles. The lowest BCUT2D eigenvalue weighted by Gasteiger charge is -2.32. The molecule has 1 heterocycles. The second-order valence-corrected chi connectivity index (χ2v) is 7.70. The molecule has 1 aliphatic heterocycles. The summed E-state index contributed by atoms with van der Waals surface area (Å²) in [5, 5.41) is 3.54. The number of likely N-dealkylation sites (N-methyl/N-ethyl adjacent to an activating group) is 1. The number of nitrogens with one attached hydrogen (secondary N) is 1. The number of carbonyl (C=O) groups excluding carboxylic acids is 1. The third-order valence-electron chi connectivity index (χ3n) is 4.85. The van der Waals surface area contributed by atoms with Gasteiger partial charge in [0.15, 0.2) is 0 Å². The average molecular weight is 381 g/mol. The monoisotopic (exact) mass is 380 g/mol. The Kier molecular flexibility index (Phi) is 6.07. The normalized spacial score (nSPS) is 18.9. The number of methoxy groups -OCH3 is 1. The molecule has 1 aromatic rings. The fourth-order valence-electron chi connectivity index (χ4n) is 2.60. The Hall–Kier alpha value is -1.54. The molecular formula is C18H26BClN2O4. The lowest BCUT2D eigenvalue weighted by atomic mass is 9.77. The molecule has 142 valence electrons. The molecule has 1 aliphatic rings. The summed E-state index contributed by atoms with van der Waals surface area (Å²) in [6.07, 6.45) is 1.85. The fourth-order valence-corrected chi connectivity index (χ4v) is 2.83. The molecule has 0 radical (unpaired) electrons. The number of carbonyl (C=O) groups is 1. The smallest absolute Gasteiger partial charge is 0.465 e. The second kappa shape index (κ2) is 7.60. The van der Waals surface area contributed by atoms with Crippen molar-refractivity contribution in [3.05, 3.63) is 33.8 Å². The van der Waals surface area contributed by atoms with Crippen LogP contribution in [0.3, 0.4) is 0 Å². The molecule has 0 aromatic heterocycles. The Morgan fingerprint density at radius 2 is 1.88 bits per heavy atom. The predicted molar refractivity (Wildman–Crippen MR) is 105 cm³/mol. The Morgan fingerprint density at radius 3 is 2.38 bits per heavy atom. The van der Waals surface area contributed by atoms with Crippen molar-refractivity contribution in [2.75, 3.05) is 26.4 Å². The first-order chi connectivity index (χ1) is 12.0. The van der Waals surface area contributed by atoms with Crippen LogP contribution in [0.15, 0.2) is 17.6 Å². The molecule has 6 nitrogen and oxygen atoms in total. The summed E-state index contributed by atoms with van der Waals surface area (Å²) >= 11 is 6.33. The zero-order valence-corrected chi connectivity index (χ0v) is 16.9. The van der Waals surface area contributed by atoms with Crippen molar-refractivity contribution in [1.29, 1.82) is 0 Å². The molecule has 1 aromatic carbocycles. The van der Waals surface area contributed by atoms with Gasteiger partial charge >= 0.3 is 13.1 Å². The van der Waals surface area contributed by atoms with Crippen LogP contribution in [-0.4, -0.2) is 45.0 Å². The van der Waals surface area contributed by atoms with Gasteiger partial charge in [-0.05, 0) is 57.9 Å². The van der Waals surface area contributed by atoms with Crippen LogP contribution in [0.2, 0.25) is 5.02 Å². The van der Waals surface area contributed by atoms with E-state index >= 15 is 0 Å². The molecule has 2 rings (SSSR count). The first-order valence-corrected chi connectivity index (χ1v) is 8.78. The third-order valence-corrected chi connectivity index (χ3v) is 5.18. The summed E-state index contributed by atoms with van der Waals surface area (Å²) in [5.74, 6) is -0.514. The Labute approximate surface area is 160 Å². The van der Waals surface area contributed by atoms with E-state index < -0.39 is 24.3 Å². The number of hydrogen-bond acceptors (Lipinski definition) is 6. The van der Waals surface area contributed by atoms with Crippen LogP contribution in [0.25, 0.3) is 6.08 Å². The zero-order chi connectivity index (χ0) is 19.7. The minimum atomic E-state index is -0.525. The number of halogens is 1. The molecule has 0 aliphatic carbocycles. The predicted octanol–water partition coefficient (Wildman–Crippen LogP) is 2.94. The van der Waals surface area contributed by atoms with E-state index in [-0.39, 0.29) is 11.3 Å². The van der Waals surface area contributed by atoms with Crippen LogP contribution in [-0.2, 0) is 14.0 Å². The highest BCUT2D eigenvalue weighted by Gasteiger charge is 2.52. The van der Waals surface area contributed by atoms with Crippen molar-refractivity contribution < 1.29 is 18.8 Å². The largest absolute Gasteiger partial charge is 0.491 e. The van der Waals surface area contributed by atoms with Gasteiger partial charge in [-0.2, -0.15) is 0 Å². The maximum atomic E-state index is 11.9. The summed E-state index contributed by atoms with van der Waals surface area (Å²) < 4.78 is 17.0. The highest BCUT2D eigenvalue weighted by atomic mass is 35.5. The van der Waals surface area contributed by atoms with Crippen LogP contribution in [0, 0.1) is 0 Å². The van der Waals surface area contributed by atoms with Crippen molar-refractivity contribution in [3.8, 4) is 0 Å². The van der Waals surface area contributed by atoms with Crippen LogP contribution >= 0.6 is 11.6 Å². The summed E-state index contributed by atoms with van der Waals surface area (Å²) in [6.45, 7) is 8.52. The summed E-state index contributed by atoms with van der Waals surface area (Å²) in [7, 11) is 2.62. The number of nitrogens with two attached hydrogens (primary N) is 1. The van der Waals surface area contributed by atoms with E-state index in [2.05, 4.69) is 5.32 Å². The van der Waals surface area contributed by atoms with Crippen molar-refractivity contribution >= 4 is 36.5 Å². The topological polar surface area (TPSA) is 82.8 Å². The summed E-state index contributed by atoms with van der Waals surface area (Å²) in [6, 6.07) is 3.16. The maximum Gasteiger partial charge on any atom is 0.491 e. The minimum absolute atomic E-state index is 0.265. The number of hydrogen-bond donors (Lipinski definition) is 2. The minimum Gasteiger partial charge on any atom is -0.465 e. The number of nitrogen functional groups attached to an aromatic ring is 1. The Morgan fingerprint density at radius 1 is 1.31 bits per heavy atom. The highest BCUT2D eigenvalue weighted by molar-refractivity contribution is 6.56. The number of anilines is 1. The highest BCUT2D eigenvalue weighted by Crippen LogP contribution is 2.39. The quantitative estimate of drug-likeness (QED) is 0.464. The first kappa shape index (κ1) is 20.8. The molecule has 0 amide bonds. The van der Waals surface area contributed by atoms with Gasteiger partial charge in [0.2, 0.25) is 0 Å². The van der Waals surface area contributed by atoms with Crippen LogP contribution in [0.5, 0.6) is 0 Å². The van der Waals surface area contributed by atoms with Gasteiger partial charge in [-0.25, -0.2) is 4.79 Å². The van der Waals surface area contributed by atoms with Gasteiger partial charge in [-0.3, -0.25) is 0 Å². The molecule has 0 spiro atoms. The fraction of sp³-hybridized carbons (Fsp3) is 0.500. The lowest BCUT2D eigenvalue weighted by Crippen LogP contribution is -2.41. The van der Waals surface area contributed by atoms with Gasteiger partial charge in [-0.15, -0.1) is 0 Å². The Bertz CT molecular complexity index is 718. The van der Waals surface area contributed by atoms with Crippen molar-refractivity contribution in [1.82, 2.24) is 5.32 Å². The SMILES string of the molecule is CNCC(=Cc1cc(C(=O)OC)c(N)cc1Cl)B1OC(C)(C)C(C)(C)O1. The molecule has 0 atom stereocenters. The summed E-state index contributed by atoms with van der Waals surface area (Å²) in [4.78, 5) is 11.9. The molecule has 1 saturated heterocycles. The van der Waals surface area contributed by atoms with Gasteiger partial charge in [0.1, 0.15) is 0 Å². The van der Waals surface area contributed by atoms with E-state index in [0.29, 0.717) is 17.1 Å².